The number of hydrogen-bond donors (Lipinski definition) is 1. The molecule has 1 fully saturated rings. The van der Waals surface area contributed by atoms with Crippen LogP contribution in [0.4, 0.5) is 0 Å². The van der Waals surface area contributed by atoms with Gasteiger partial charge in [-0.25, -0.2) is 0 Å². The van der Waals surface area contributed by atoms with Gasteiger partial charge in [-0.2, -0.15) is 4.98 Å². The van der Waals surface area contributed by atoms with Crippen LogP contribution in [0.3, 0.4) is 0 Å². The van der Waals surface area contributed by atoms with E-state index in [-0.39, 0.29) is 12.5 Å². The molecule has 1 aliphatic heterocycles. The zero-order valence-corrected chi connectivity index (χ0v) is 15.0. The molecule has 0 spiro atoms. The first-order valence-corrected chi connectivity index (χ1v) is 8.39. The number of benzene rings is 1. The molecule has 0 unspecified atom stereocenters. The molecule has 2 N–H and O–H groups in total. The molecule has 0 saturated carbocycles. The molecular weight excluding hydrogens is 338 g/mol. The summed E-state index contributed by atoms with van der Waals surface area (Å²) in [4.78, 5) is 21.0. The molecule has 1 aromatic carbocycles. The maximum atomic E-state index is 12.8. The largest absolute Gasteiger partial charge is 0.497 e. The van der Waals surface area contributed by atoms with Crippen LogP contribution in [0.1, 0.15) is 22.1 Å². The van der Waals surface area contributed by atoms with E-state index < -0.39 is 0 Å². The highest BCUT2D eigenvalue weighted by Gasteiger charge is 2.24. The third-order valence-electron chi connectivity index (χ3n) is 4.31. The fourth-order valence-corrected chi connectivity index (χ4v) is 2.86. The number of rotatable bonds is 6. The van der Waals surface area contributed by atoms with Gasteiger partial charge in [0.2, 0.25) is 5.89 Å². The number of amides is 1. The molecule has 0 atom stereocenters. The minimum absolute atomic E-state index is 0.0353. The third-order valence-corrected chi connectivity index (χ3v) is 4.31. The molecule has 0 aliphatic carbocycles. The average molecular weight is 361 g/mol. The van der Waals surface area contributed by atoms with Crippen molar-refractivity contribution < 1.29 is 18.8 Å². The predicted molar refractivity (Wildman–Crippen MR) is 92.9 cm³/mol. The van der Waals surface area contributed by atoms with E-state index in [2.05, 4.69) is 15.0 Å². The van der Waals surface area contributed by atoms with Gasteiger partial charge in [-0.1, -0.05) is 5.16 Å². The molecule has 26 heavy (non-hydrogen) atoms. The average Bonchev–Trinajstić information content (AvgIpc) is 3.15. The quantitative estimate of drug-likeness (QED) is 0.793. The van der Waals surface area contributed by atoms with Crippen molar-refractivity contribution in [3.63, 3.8) is 0 Å². The lowest BCUT2D eigenvalue weighted by molar-refractivity contribution is 0.0623. The topological polar surface area (TPSA) is 107 Å². The Hall–Kier alpha value is -2.65. The standard InChI is InChI=1S/C17H23N5O4/c1-24-13-7-12(8-14(9-13)25-2)17(23)22-5-3-21(4-6-22)11-15-19-16(10-18)26-20-15/h7-9H,3-6,10-11,18H2,1-2H3. The zero-order valence-electron chi connectivity index (χ0n) is 15.0. The zero-order chi connectivity index (χ0) is 18.5. The molecule has 0 radical (unpaired) electrons. The van der Waals surface area contributed by atoms with Crippen molar-refractivity contribution in [3.8, 4) is 11.5 Å². The molecule has 2 heterocycles. The van der Waals surface area contributed by atoms with Gasteiger partial charge in [0.15, 0.2) is 5.82 Å². The number of methoxy groups -OCH3 is 2. The first-order chi connectivity index (χ1) is 12.6. The van der Waals surface area contributed by atoms with E-state index in [0.717, 1.165) is 13.1 Å². The summed E-state index contributed by atoms with van der Waals surface area (Å²) in [6.07, 6.45) is 0. The fourth-order valence-electron chi connectivity index (χ4n) is 2.86. The molecule has 1 amide bonds. The molecule has 1 aliphatic rings. The Morgan fingerprint density at radius 3 is 2.35 bits per heavy atom. The summed E-state index contributed by atoms with van der Waals surface area (Å²) in [5.74, 6) is 2.20. The van der Waals surface area contributed by atoms with Crippen LogP contribution in [0.5, 0.6) is 11.5 Å². The highest BCUT2D eigenvalue weighted by Crippen LogP contribution is 2.24. The van der Waals surface area contributed by atoms with Crippen LogP contribution in [0.25, 0.3) is 0 Å². The minimum atomic E-state index is -0.0353. The number of carbonyl (C=O) groups excluding carboxylic acids is 1. The van der Waals surface area contributed by atoms with E-state index >= 15 is 0 Å². The highest BCUT2D eigenvalue weighted by molar-refractivity contribution is 5.95. The number of piperazine rings is 1. The van der Waals surface area contributed by atoms with Crippen molar-refractivity contribution in [1.82, 2.24) is 19.9 Å². The smallest absolute Gasteiger partial charge is 0.254 e. The van der Waals surface area contributed by atoms with Crippen LogP contribution in [0, 0.1) is 0 Å². The van der Waals surface area contributed by atoms with Gasteiger partial charge in [-0.15, -0.1) is 0 Å². The Morgan fingerprint density at radius 2 is 1.81 bits per heavy atom. The number of aromatic nitrogens is 2. The van der Waals surface area contributed by atoms with E-state index in [9.17, 15) is 4.79 Å². The highest BCUT2D eigenvalue weighted by atomic mass is 16.5. The first kappa shape index (κ1) is 18.2. The number of nitrogens with zero attached hydrogens (tertiary/aromatic N) is 4. The minimum Gasteiger partial charge on any atom is -0.497 e. The van der Waals surface area contributed by atoms with Gasteiger partial charge in [0, 0.05) is 37.8 Å². The second kappa shape index (κ2) is 8.15. The SMILES string of the molecule is COc1cc(OC)cc(C(=O)N2CCN(Cc3noc(CN)n3)CC2)c1. The summed E-state index contributed by atoms with van der Waals surface area (Å²) in [6.45, 7) is 3.54. The van der Waals surface area contributed by atoms with E-state index in [1.165, 1.54) is 0 Å². The number of nitrogens with two attached hydrogens (primary N) is 1. The van der Waals surface area contributed by atoms with Crippen LogP contribution in [0.15, 0.2) is 22.7 Å². The molecule has 1 aromatic heterocycles. The second-order valence-electron chi connectivity index (χ2n) is 5.98. The maximum Gasteiger partial charge on any atom is 0.254 e. The molecule has 9 nitrogen and oxygen atoms in total. The van der Waals surface area contributed by atoms with Gasteiger partial charge < -0.3 is 24.6 Å². The van der Waals surface area contributed by atoms with Gasteiger partial charge in [0.05, 0.1) is 27.3 Å². The van der Waals surface area contributed by atoms with Gasteiger partial charge in [-0.3, -0.25) is 9.69 Å². The lowest BCUT2D eigenvalue weighted by Crippen LogP contribution is -2.48. The Bertz CT molecular complexity index is 733. The van der Waals surface area contributed by atoms with Crippen LogP contribution in [-0.4, -0.2) is 66.2 Å². The Balaban J connectivity index is 1.59. The Kier molecular flexibility index (Phi) is 5.69. The van der Waals surface area contributed by atoms with E-state index in [4.69, 9.17) is 19.7 Å². The fraction of sp³-hybridized carbons (Fsp3) is 0.471. The van der Waals surface area contributed by atoms with Gasteiger partial charge in [0.25, 0.3) is 5.91 Å². The van der Waals surface area contributed by atoms with E-state index in [1.54, 1.807) is 32.4 Å². The predicted octanol–water partition coefficient (Wildman–Crippen LogP) is 0.504. The van der Waals surface area contributed by atoms with Crippen LogP contribution >= 0.6 is 0 Å². The van der Waals surface area contributed by atoms with Crippen molar-refractivity contribution in [1.29, 1.82) is 0 Å². The maximum absolute atomic E-state index is 12.8. The van der Waals surface area contributed by atoms with Crippen molar-refractivity contribution in [2.75, 3.05) is 40.4 Å². The molecule has 0 bridgehead atoms. The summed E-state index contributed by atoms with van der Waals surface area (Å²) >= 11 is 0. The number of ether oxygens (including phenoxy) is 2. The molecule has 140 valence electrons. The van der Waals surface area contributed by atoms with Gasteiger partial charge >= 0.3 is 0 Å². The van der Waals surface area contributed by atoms with Crippen LogP contribution < -0.4 is 15.2 Å². The first-order valence-electron chi connectivity index (χ1n) is 8.39. The van der Waals surface area contributed by atoms with E-state index in [1.807, 2.05) is 4.90 Å². The second-order valence-corrected chi connectivity index (χ2v) is 5.98. The van der Waals surface area contributed by atoms with Crippen molar-refractivity contribution in [2.45, 2.75) is 13.1 Å². The molecule has 2 aromatic rings. The van der Waals surface area contributed by atoms with E-state index in [0.29, 0.717) is 48.4 Å². The number of hydrogen-bond acceptors (Lipinski definition) is 8. The summed E-state index contributed by atoms with van der Waals surface area (Å²) < 4.78 is 15.5. The third kappa shape index (κ3) is 4.12. The van der Waals surface area contributed by atoms with Gasteiger partial charge in [-0.05, 0) is 12.1 Å². The summed E-state index contributed by atoms with van der Waals surface area (Å²) in [5, 5.41) is 3.90. The van der Waals surface area contributed by atoms with Crippen molar-refractivity contribution >= 4 is 5.91 Å². The number of carbonyl (C=O) groups is 1. The monoisotopic (exact) mass is 361 g/mol. The van der Waals surface area contributed by atoms with Crippen LogP contribution in [0.2, 0.25) is 0 Å². The molecule has 3 rings (SSSR count). The van der Waals surface area contributed by atoms with Crippen LogP contribution in [-0.2, 0) is 13.1 Å². The van der Waals surface area contributed by atoms with Crippen molar-refractivity contribution in [3.05, 3.63) is 35.5 Å². The molecule has 1 saturated heterocycles. The molecule has 9 heteroatoms. The lowest BCUT2D eigenvalue weighted by Gasteiger charge is -2.34. The molecular formula is C17H23N5O4. The lowest BCUT2D eigenvalue weighted by atomic mass is 10.1. The summed E-state index contributed by atoms with van der Waals surface area (Å²) in [7, 11) is 3.13. The summed E-state index contributed by atoms with van der Waals surface area (Å²) in [6, 6.07) is 5.20. The summed E-state index contributed by atoms with van der Waals surface area (Å²) in [5.41, 5.74) is 6.03. The normalized spacial score (nSPS) is 15.1. The van der Waals surface area contributed by atoms with Gasteiger partial charge in [0.1, 0.15) is 11.5 Å². The Morgan fingerprint density at radius 1 is 1.15 bits per heavy atom. The Labute approximate surface area is 151 Å². The van der Waals surface area contributed by atoms with Crippen molar-refractivity contribution in [2.24, 2.45) is 5.73 Å².